The van der Waals surface area contributed by atoms with E-state index in [9.17, 15) is 4.79 Å². The number of hydrogen-bond donors (Lipinski definition) is 0. The van der Waals surface area contributed by atoms with Gasteiger partial charge in [0.05, 0.1) is 6.54 Å². The molecule has 0 aliphatic heterocycles. The highest BCUT2D eigenvalue weighted by Crippen LogP contribution is 2.17. The fourth-order valence-electron chi connectivity index (χ4n) is 2.60. The maximum atomic E-state index is 12.2. The predicted octanol–water partition coefficient (Wildman–Crippen LogP) is 4.36. The van der Waals surface area contributed by atoms with Crippen molar-refractivity contribution in [3.8, 4) is 17.1 Å². The van der Waals surface area contributed by atoms with Gasteiger partial charge in [0.1, 0.15) is 12.4 Å². The van der Waals surface area contributed by atoms with E-state index in [2.05, 4.69) is 26.1 Å². The molecule has 146 valence electrons. The maximum Gasteiger partial charge on any atom is 0.226 e. The van der Waals surface area contributed by atoms with E-state index in [0.29, 0.717) is 44.1 Å². The number of aryl methyl sites for hydroxylation is 1. The van der Waals surface area contributed by atoms with Gasteiger partial charge in [0.25, 0.3) is 0 Å². The average molecular weight is 444 g/mol. The molecule has 3 rings (SSSR count). The molecule has 0 bridgehead atoms. The zero-order chi connectivity index (χ0) is 19.8. The smallest absolute Gasteiger partial charge is 0.226 e. The number of benzene rings is 2. The first-order chi connectivity index (χ1) is 13.6. The second-order valence-corrected chi connectivity index (χ2v) is 7.26. The van der Waals surface area contributed by atoms with Gasteiger partial charge in [-0.15, -0.1) is 0 Å². The lowest BCUT2D eigenvalue weighted by Gasteiger charge is -2.17. The summed E-state index contributed by atoms with van der Waals surface area (Å²) in [7, 11) is 1.79. The molecule has 0 unspecified atom stereocenters. The second-order valence-electron chi connectivity index (χ2n) is 6.35. The Morgan fingerprint density at radius 1 is 1.14 bits per heavy atom. The van der Waals surface area contributed by atoms with Crippen LogP contribution < -0.4 is 4.74 Å². The van der Waals surface area contributed by atoms with Crippen molar-refractivity contribution in [2.45, 2.75) is 19.3 Å². The zero-order valence-corrected chi connectivity index (χ0v) is 17.3. The van der Waals surface area contributed by atoms with Gasteiger partial charge >= 0.3 is 0 Å². The summed E-state index contributed by atoms with van der Waals surface area (Å²) in [6.07, 6.45) is 1.67. The Labute approximate surface area is 172 Å². The van der Waals surface area contributed by atoms with Crippen LogP contribution >= 0.6 is 15.9 Å². The van der Waals surface area contributed by atoms with Crippen molar-refractivity contribution < 1.29 is 14.1 Å². The van der Waals surface area contributed by atoms with E-state index in [1.807, 2.05) is 54.6 Å². The number of rotatable bonds is 9. The van der Waals surface area contributed by atoms with E-state index in [4.69, 9.17) is 9.26 Å². The Balaban J connectivity index is 1.37. The summed E-state index contributed by atoms with van der Waals surface area (Å²) in [5.74, 6) is 1.98. The number of carbonyl (C=O) groups excluding carboxylic acids is 1. The minimum Gasteiger partial charge on any atom is -0.492 e. The van der Waals surface area contributed by atoms with Gasteiger partial charge in [-0.3, -0.25) is 4.79 Å². The molecule has 0 fully saturated rings. The summed E-state index contributed by atoms with van der Waals surface area (Å²) < 4.78 is 11.9. The van der Waals surface area contributed by atoms with Gasteiger partial charge in [-0.25, -0.2) is 0 Å². The van der Waals surface area contributed by atoms with Gasteiger partial charge in [-0.1, -0.05) is 51.4 Å². The lowest BCUT2D eigenvalue weighted by Crippen LogP contribution is -2.30. The number of aromatic nitrogens is 2. The summed E-state index contributed by atoms with van der Waals surface area (Å²) in [6, 6.07) is 17.3. The molecule has 7 heteroatoms. The zero-order valence-electron chi connectivity index (χ0n) is 15.7. The highest BCUT2D eigenvalue weighted by molar-refractivity contribution is 9.10. The Bertz CT molecular complexity index is 881. The third kappa shape index (κ3) is 5.92. The van der Waals surface area contributed by atoms with Crippen LogP contribution in [0, 0.1) is 0 Å². The summed E-state index contributed by atoms with van der Waals surface area (Å²) in [5.41, 5.74) is 0.916. The van der Waals surface area contributed by atoms with Gasteiger partial charge in [0, 0.05) is 29.9 Å². The molecule has 0 saturated carbocycles. The van der Waals surface area contributed by atoms with Crippen LogP contribution in [0.15, 0.2) is 63.6 Å². The van der Waals surface area contributed by atoms with Crippen molar-refractivity contribution in [3.05, 3.63) is 65.0 Å². The van der Waals surface area contributed by atoms with E-state index >= 15 is 0 Å². The molecule has 28 heavy (non-hydrogen) atoms. The quantitative estimate of drug-likeness (QED) is 0.491. The van der Waals surface area contributed by atoms with Crippen LogP contribution in [0.4, 0.5) is 0 Å². The Kier molecular flexibility index (Phi) is 7.19. The van der Waals surface area contributed by atoms with E-state index in [-0.39, 0.29) is 5.91 Å². The van der Waals surface area contributed by atoms with Crippen molar-refractivity contribution in [1.29, 1.82) is 0 Å². The second kappa shape index (κ2) is 10.0. The lowest BCUT2D eigenvalue weighted by molar-refractivity contribution is -0.130. The van der Waals surface area contributed by atoms with E-state index in [0.717, 1.165) is 15.8 Å². The molecule has 0 N–H and O–H groups in total. The van der Waals surface area contributed by atoms with Crippen molar-refractivity contribution >= 4 is 21.8 Å². The molecule has 6 nitrogen and oxygen atoms in total. The fourth-order valence-corrected chi connectivity index (χ4v) is 2.86. The summed E-state index contributed by atoms with van der Waals surface area (Å²) in [5, 5.41) is 3.99. The van der Waals surface area contributed by atoms with Gasteiger partial charge in [0.15, 0.2) is 0 Å². The molecular formula is C21H22BrN3O3. The molecule has 1 amide bonds. The van der Waals surface area contributed by atoms with Crippen LogP contribution in [0.1, 0.15) is 18.7 Å². The molecule has 1 heterocycles. The molecule has 2 aromatic carbocycles. The van der Waals surface area contributed by atoms with Crippen LogP contribution in [0.2, 0.25) is 0 Å². The largest absolute Gasteiger partial charge is 0.492 e. The molecule has 0 atom stereocenters. The fraction of sp³-hybridized carbons (Fsp3) is 0.286. The third-order valence-electron chi connectivity index (χ3n) is 4.22. The summed E-state index contributed by atoms with van der Waals surface area (Å²) in [4.78, 5) is 18.3. The van der Waals surface area contributed by atoms with Gasteiger partial charge in [0.2, 0.25) is 17.6 Å². The van der Waals surface area contributed by atoms with Crippen LogP contribution in [-0.4, -0.2) is 41.1 Å². The third-order valence-corrected chi connectivity index (χ3v) is 4.74. The van der Waals surface area contributed by atoms with Gasteiger partial charge in [-0.05, 0) is 30.7 Å². The number of nitrogens with zero attached hydrogens (tertiary/aromatic N) is 3. The summed E-state index contributed by atoms with van der Waals surface area (Å²) in [6.45, 7) is 0.988. The Morgan fingerprint density at radius 2 is 1.89 bits per heavy atom. The highest BCUT2D eigenvalue weighted by atomic mass is 79.9. The first-order valence-electron chi connectivity index (χ1n) is 9.12. The number of likely N-dealkylation sites (N-methyl/N-ethyl adjacent to an activating group) is 1. The van der Waals surface area contributed by atoms with Crippen molar-refractivity contribution in [2.75, 3.05) is 20.2 Å². The Morgan fingerprint density at radius 3 is 2.64 bits per heavy atom. The first-order valence-corrected chi connectivity index (χ1v) is 9.91. The van der Waals surface area contributed by atoms with E-state index in [1.54, 1.807) is 11.9 Å². The van der Waals surface area contributed by atoms with Crippen LogP contribution in [-0.2, 0) is 11.2 Å². The molecule has 0 aliphatic carbocycles. The van der Waals surface area contributed by atoms with Crippen molar-refractivity contribution in [2.24, 2.45) is 0 Å². The van der Waals surface area contributed by atoms with Crippen LogP contribution in [0.3, 0.4) is 0 Å². The minimum atomic E-state index is 0.0715. The monoisotopic (exact) mass is 443 g/mol. The van der Waals surface area contributed by atoms with Gasteiger partial charge < -0.3 is 14.2 Å². The van der Waals surface area contributed by atoms with Crippen molar-refractivity contribution in [3.63, 3.8) is 0 Å². The molecular weight excluding hydrogens is 422 g/mol. The number of hydrogen-bond acceptors (Lipinski definition) is 5. The number of halogens is 1. The topological polar surface area (TPSA) is 68.5 Å². The molecule has 0 aliphatic rings. The Hall–Kier alpha value is -2.67. The molecule has 0 spiro atoms. The highest BCUT2D eigenvalue weighted by Gasteiger charge is 2.12. The normalized spacial score (nSPS) is 10.6. The van der Waals surface area contributed by atoms with Crippen molar-refractivity contribution in [1.82, 2.24) is 15.0 Å². The van der Waals surface area contributed by atoms with Gasteiger partial charge in [-0.2, -0.15) is 4.98 Å². The SMILES string of the molecule is CN(CCOc1ccc(Br)cc1)C(=O)CCCc1nc(-c2ccccc2)no1. The average Bonchev–Trinajstić information content (AvgIpc) is 3.19. The minimum absolute atomic E-state index is 0.0715. The lowest BCUT2D eigenvalue weighted by atomic mass is 10.2. The van der Waals surface area contributed by atoms with E-state index < -0.39 is 0 Å². The number of amides is 1. The predicted molar refractivity (Wildman–Crippen MR) is 110 cm³/mol. The maximum absolute atomic E-state index is 12.2. The molecule has 0 radical (unpaired) electrons. The van der Waals surface area contributed by atoms with Crippen LogP contribution in [0.25, 0.3) is 11.4 Å². The summed E-state index contributed by atoms with van der Waals surface area (Å²) >= 11 is 3.39. The molecule has 1 aromatic heterocycles. The van der Waals surface area contributed by atoms with Crippen LogP contribution in [0.5, 0.6) is 5.75 Å². The standard InChI is InChI=1S/C21H22BrN3O3/c1-25(14-15-27-18-12-10-17(22)11-13-18)20(26)9-5-8-19-23-21(24-28-19)16-6-3-2-4-7-16/h2-4,6-7,10-13H,5,8-9,14-15H2,1H3. The first kappa shape index (κ1) is 20.1. The number of carbonyl (C=O) groups is 1. The molecule has 3 aromatic rings. The van der Waals surface area contributed by atoms with E-state index in [1.165, 1.54) is 0 Å². The molecule has 0 saturated heterocycles. The number of ether oxygens (including phenoxy) is 1.